The van der Waals surface area contributed by atoms with Crippen molar-refractivity contribution in [3.63, 3.8) is 0 Å². The molecule has 0 saturated heterocycles. The number of para-hydroxylation sites is 1. The van der Waals surface area contributed by atoms with Gasteiger partial charge in [-0.1, -0.05) is 18.2 Å². The molecule has 1 aliphatic heterocycles. The monoisotopic (exact) mass is 486 g/mol. The maximum absolute atomic E-state index is 15.6. The Balaban J connectivity index is 1.50. The molecule has 0 fully saturated rings. The Bertz CT molecular complexity index is 1430. The first-order chi connectivity index (χ1) is 17.0. The Hall–Kier alpha value is -4.04. The summed E-state index contributed by atoms with van der Waals surface area (Å²) in [7, 11) is 1.82. The summed E-state index contributed by atoms with van der Waals surface area (Å²) in [5.74, 6) is -0.857. The zero-order valence-corrected chi connectivity index (χ0v) is 20.1. The first kappa shape index (κ1) is 22.7. The van der Waals surface area contributed by atoms with E-state index in [0.29, 0.717) is 40.5 Å². The van der Waals surface area contributed by atoms with Crippen LogP contribution in [0.1, 0.15) is 31.2 Å². The van der Waals surface area contributed by atoms with Crippen LogP contribution in [0.4, 0.5) is 21.6 Å². The zero-order chi connectivity index (χ0) is 24.5. The van der Waals surface area contributed by atoms with Crippen LogP contribution >= 0.6 is 11.3 Å². The van der Waals surface area contributed by atoms with Crippen LogP contribution in [-0.4, -0.2) is 30.4 Å². The number of nitrogens with zero attached hydrogens (tertiary/aromatic N) is 2. The fourth-order valence-corrected chi connectivity index (χ4v) is 5.36. The molecule has 4 aromatic rings. The average Bonchev–Trinajstić information content (AvgIpc) is 3.10. The molecule has 5 rings (SSSR count). The van der Waals surface area contributed by atoms with Gasteiger partial charge in [-0.15, -0.1) is 11.3 Å². The second kappa shape index (κ2) is 9.31. The van der Waals surface area contributed by atoms with Crippen molar-refractivity contribution >= 4 is 40.3 Å². The van der Waals surface area contributed by atoms with Gasteiger partial charge in [-0.25, -0.2) is 9.37 Å². The predicted molar refractivity (Wildman–Crippen MR) is 138 cm³/mol. The number of nitrogens with one attached hydrogen (secondary N) is 2. The lowest BCUT2D eigenvalue weighted by molar-refractivity contribution is 0.0985. The summed E-state index contributed by atoms with van der Waals surface area (Å²) in [5.41, 5.74) is 4.28. The highest BCUT2D eigenvalue weighted by molar-refractivity contribution is 7.17. The summed E-state index contributed by atoms with van der Waals surface area (Å²) in [4.78, 5) is 32.8. The molecule has 1 aliphatic rings. The number of pyridine rings is 1. The number of carbonyl (C=O) groups excluding carboxylic acids is 2. The SMILES string of the molecule is CNc1ccc(C(=O)N2CCc3c(sc(C(=O)Nc4cc(C)ccn4)c3F)-c3ccccc32)cc1. The first-order valence-corrected chi connectivity index (χ1v) is 12.0. The normalized spacial score (nSPS) is 12.4. The molecule has 2 amide bonds. The van der Waals surface area contributed by atoms with E-state index in [9.17, 15) is 9.59 Å². The number of benzene rings is 2. The third kappa shape index (κ3) is 4.28. The van der Waals surface area contributed by atoms with Crippen LogP contribution in [0.5, 0.6) is 0 Å². The highest BCUT2D eigenvalue weighted by Gasteiger charge is 2.31. The van der Waals surface area contributed by atoms with Gasteiger partial charge < -0.3 is 15.5 Å². The van der Waals surface area contributed by atoms with E-state index in [4.69, 9.17) is 0 Å². The summed E-state index contributed by atoms with van der Waals surface area (Å²) < 4.78 is 15.6. The van der Waals surface area contributed by atoms with Crippen LogP contribution in [0.15, 0.2) is 66.9 Å². The lowest BCUT2D eigenvalue weighted by atomic mass is 10.1. The Morgan fingerprint density at radius 3 is 2.60 bits per heavy atom. The number of aryl methyl sites for hydroxylation is 1. The van der Waals surface area contributed by atoms with Crippen molar-refractivity contribution in [1.82, 2.24) is 4.98 Å². The molecule has 2 aromatic heterocycles. The second-order valence-electron chi connectivity index (χ2n) is 8.28. The van der Waals surface area contributed by atoms with Crippen molar-refractivity contribution < 1.29 is 14.0 Å². The van der Waals surface area contributed by atoms with Crippen LogP contribution in [0.2, 0.25) is 0 Å². The number of hydrogen-bond donors (Lipinski definition) is 2. The van der Waals surface area contributed by atoms with Crippen molar-refractivity contribution in [2.24, 2.45) is 0 Å². The maximum Gasteiger partial charge on any atom is 0.269 e. The van der Waals surface area contributed by atoms with Gasteiger partial charge in [0.1, 0.15) is 10.7 Å². The van der Waals surface area contributed by atoms with Gasteiger partial charge in [0.05, 0.1) is 5.69 Å². The molecular formula is C27H23FN4O2S. The maximum atomic E-state index is 15.6. The third-order valence-electron chi connectivity index (χ3n) is 6.00. The quantitative estimate of drug-likeness (QED) is 0.385. The number of carbonyl (C=O) groups is 2. The van der Waals surface area contributed by atoms with Gasteiger partial charge in [0.25, 0.3) is 11.8 Å². The average molecular weight is 487 g/mol. The summed E-state index contributed by atoms with van der Waals surface area (Å²) in [6.07, 6.45) is 1.89. The molecule has 0 spiro atoms. The molecule has 176 valence electrons. The van der Waals surface area contributed by atoms with Gasteiger partial charge in [-0.2, -0.15) is 0 Å². The Morgan fingerprint density at radius 1 is 1.09 bits per heavy atom. The van der Waals surface area contributed by atoms with Crippen molar-refractivity contribution in [2.45, 2.75) is 13.3 Å². The molecule has 35 heavy (non-hydrogen) atoms. The number of amides is 2. The van der Waals surface area contributed by atoms with Crippen molar-refractivity contribution in [1.29, 1.82) is 0 Å². The van der Waals surface area contributed by atoms with Crippen molar-refractivity contribution in [2.75, 3.05) is 29.1 Å². The number of anilines is 3. The minimum atomic E-state index is -0.544. The summed E-state index contributed by atoms with van der Waals surface area (Å²) in [6.45, 7) is 2.19. The lowest BCUT2D eigenvalue weighted by Crippen LogP contribution is -2.32. The highest BCUT2D eigenvalue weighted by atomic mass is 32.1. The molecule has 0 atom stereocenters. The molecule has 3 heterocycles. The fraction of sp³-hybridized carbons (Fsp3) is 0.148. The Labute approximate surface area is 206 Å². The molecule has 2 N–H and O–H groups in total. The molecule has 6 nitrogen and oxygen atoms in total. The molecule has 0 saturated carbocycles. The molecule has 2 aromatic carbocycles. The molecule has 0 aliphatic carbocycles. The summed E-state index contributed by atoms with van der Waals surface area (Å²) >= 11 is 1.10. The van der Waals surface area contributed by atoms with Gasteiger partial charge in [0.15, 0.2) is 5.82 Å². The number of aromatic nitrogens is 1. The lowest BCUT2D eigenvalue weighted by Gasteiger charge is -2.23. The largest absolute Gasteiger partial charge is 0.388 e. The van der Waals surface area contributed by atoms with Crippen LogP contribution in [0, 0.1) is 12.7 Å². The van der Waals surface area contributed by atoms with E-state index in [1.165, 1.54) is 0 Å². The Kier molecular flexibility index (Phi) is 6.05. The van der Waals surface area contributed by atoms with Crippen molar-refractivity contribution in [3.05, 3.63) is 94.2 Å². The third-order valence-corrected chi connectivity index (χ3v) is 7.24. The van der Waals surface area contributed by atoms with Gasteiger partial charge in [-0.3, -0.25) is 9.59 Å². The van der Waals surface area contributed by atoms with E-state index in [0.717, 1.165) is 28.2 Å². The van der Waals surface area contributed by atoms with E-state index < -0.39 is 11.7 Å². The molecule has 0 unspecified atom stereocenters. The van der Waals surface area contributed by atoms with E-state index >= 15 is 4.39 Å². The van der Waals surface area contributed by atoms with E-state index in [1.54, 1.807) is 29.3 Å². The number of hydrogen-bond acceptors (Lipinski definition) is 5. The van der Waals surface area contributed by atoms with Crippen LogP contribution < -0.4 is 15.5 Å². The number of rotatable bonds is 4. The zero-order valence-electron chi connectivity index (χ0n) is 19.3. The van der Waals surface area contributed by atoms with Gasteiger partial charge in [0, 0.05) is 47.0 Å². The van der Waals surface area contributed by atoms with Crippen LogP contribution in [0.3, 0.4) is 0 Å². The summed E-state index contributed by atoms with van der Waals surface area (Å²) in [5, 5.41) is 5.74. The second-order valence-corrected chi connectivity index (χ2v) is 9.30. The number of thiophene rings is 1. The van der Waals surface area contributed by atoms with Crippen molar-refractivity contribution in [3.8, 4) is 10.4 Å². The molecule has 0 bridgehead atoms. The van der Waals surface area contributed by atoms with Gasteiger partial charge >= 0.3 is 0 Å². The number of halogens is 1. The van der Waals surface area contributed by atoms with E-state index in [-0.39, 0.29) is 10.8 Å². The van der Waals surface area contributed by atoms with Crippen LogP contribution in [-0.2, 0) is 6.42 Å². The predicted octanol–water partition coefficient (Wildman–Crippen LogP) is 5.75. The van der Waals surface area contributed by atoms with E-state index in [2.05, 4.69) is 15.6 Å². The van der Waals surface area contributed by atoms with Gasteiger partial charge in [0.2, 0.25) is 0 Å². The minimum Gasteiger partial charge on any atom is -0.388 e. The topological polar surface area (TPSA) is 74.3 Å². The number of fused-ring (bicyclic) bond motifs is 3. The summed E-state index contributed by atoms with van der Waals surface area (Å²) in [6, 6.07) is 18.2. The molecule has 0 radical (unpaired) electrons. The Morgan fingerprint density at radius 2 is 1.86 bits per heavy atom. The highest BCUT2D eigenvalue weighted by Crippen LogP contribution is 2.43. The van der Waals surface area contributed by atoms with Crippen LogP contribution in [0.25, 0.3) is 10.4 Å². The van der Waals surface area contributed by atoms with E-state index in [1.807, 2.05) is 56.4 Å². The minimum absolute atomic E-state index is 0.00976. The fourth-order valence-electron chi connectivity index (χ4n) is 4.20. The standard InChI is InChI=1S/C27H23FN4O2S/c1-16-11-13-30-22(15-16)31-26(33)25-23(28)20-12-14-32(21-6-4-3-5-19(21)24(20)35-25)27(34)17-7-9-18(29-2)10-8-17/h3-11,13,15,29H,12,14H2,1-2H3,(H,30,31,33). The molecule has 8 heteroatoms. The first-order valence-electron chi connectivity index (χ1n) is 11.2. The molecular weight excluding hydrogens is 463 g/mol. The van der Waals surface area contributed by atoms with Gasteiger partial charge in [-0.05, 0) is 61.4 Å². The smallest absolute Gasteiger partial charge is 0.269 e.